The highest BCUT2D eigenvalue weighted by molar-refractivity contribution is 6.33. The van der Waals surface area contributed by atoms with Gasteiger partial charge in [0.05, 0.1) is 23.9 Å². The van der Waals surface area contributed by atoms with Gasteiger partial charge in [0.15, 0.2) is 0 Å². The van der Waals surface area contributed by atoms with E-state index in [2.05, 4.69) is 20.2 Å². The van der Waals surface area contributed by atoms with Gasteiger partial charge in [-0.15, -0.1) is 0 Å². The molecule has 28 heavy (non-hydrogen) atoms. The zero-order chi connectivity index (χ0) is 19.3. The van der Waals surface area contributed by atoms with Gasteiger partial charge in [-0.05, 0) is 48.5 Å². The molecule has 4 rings (SSSR count). The van der Waals surface area contributed by atoms with Crippen LogP contribution in [-0.4, -0.2) is 42.2 Å². The van der Waals surface area contributed by atoms with Crippen molar-refractivity contribution in [2.75, 3.05) is 36.5 Å². The summed E-state index contributed by atoms with van der Waals surface area (Å²) in [7, 11) is 0. The Labute approximate surface area is 168 Å². The lowest BCUT2D eigenvalue weighted by Gasteiger charge is -2.28. The smallest absolute Gasteiger partial charge is 0.274 e. The van der Waals surface area contributed by atoms with Crippen molar-refractivity contribution in [3.05, 3.63) is 71.6 Å². The number of amides is 1. The molecule has 0 aliphatic carbocycles. The van der Waals surface area contributed by atoms with E-state index in [1.807, 2.05) is 24.3 Å². The summed E-state index contributed by atoms with van der Waals surface area (Å²) in [6.45, 7) is 3.23. The maximum atomic E-state index is 12.5. The average molecular weight is 395 g/mol. The third kappa shape index (κ3) is 4.13. The molecule has 1 fully saturated rings. The second kappa shape index (κ2) is 8.37. The quantitative estimate of drug-likeness (QED) is 0.727. The molecule has 3 aromatic rings. The topological polar surface area (TPSA) is 67.4 Å². The molecular weight excluding hydrogens is 376 g/mol. The summed E-state index contributed by atoms with van der Waals surface area (Å²) in [5.74, 6) is -0.266. The summed E-state index contributed by atoms with van der Waals surface area (Å²) in [4.78, 5) is 23.2. The largest absolute Gasteiger partial charge is 0.378 e. The molecule has 0 unspecified atom stereocenters. The van der Waals surface area contributed by atoms with Gasteiger partial charge in [0.1, 0.15) is 5.69 Å². The number of anilines is 2. The Morgan fingerprint density at radius 1 is 1.04 bits per heavy atom. The van der Waals surface area contributed by atoms with Crippen molar-refractivity contribution in [3.63, 3.8) is 0 Å². The standard InChI is InChI=1S/C21H19ClN4O2/c22-18-2-1-9-23-20(18)15-3-8-19(24-14-15)21(27)25-16-4-6-17(7-5-16)26-10-12-28-13-11-26/h1-9,14H,10-13H2,(H,25,27). The number of pyridine rings is 2. The molecule has 1 aliphatic rings. The Morgan fingerprint density at radius 2 is 1.82 bits per heavy atom. The van der Waals surface area contributed by atoms with Gasteiger partial charge in [-0.3, -0.25) is 14.8 Å². The summed E-state index contributed by atoms with van der Waals surface area (Å²) in [5, 5.41) is 3.42. The fraction of sp³-hybridized carbons (Fsp3) is 0.190. The second-order valence-corrected chi connectivity index (χ2v) is 6.77. The van der Waals surface area contributed by atoms with Crippen molar-refractivity contribution in [1.82, 2.24) is 9.97 Å². The number of rotatable bonds is 4. The number of benzene rings is 1. The second-order valence-electron chi connectivity index (χ2n) is 6.37. The normalized spacial score (nSPS) is 14.0. The number of hydrogen-bond donors (Lipinski definition) is 1. The Hall–Kier alpha value is -2.96. The molecule has 0 spiro atoms. The number of morpholine rings is 1. The van der Waals surface area contributed by atoms with Crippen LogP contribution in [0.1, 0.15) is 10.5 Å². The highest BCUT2D eigenvalue weighted by Gasteiger charge is 2.13. The van der Waals surface area contributed by atoms with Gasteiger partial charge in [-0.2, -0.15) is 0 Å². The number of halogens is 1. The molecule has 0 bridgehead atoms. The highest BCUT2D eigenvalue weighted by Crippen LogP contribution is 2.24. The van der Waals surface area contributed by atoms with Gasteiger partial charge in [-0.1, -0.05) is 11.6 Å². The highest BCUT2D eigenvalue weighted by atomic mass is 35.5. The average Bonchev–Trinajstić information content (AvgIpc) is 2.75. The molecule has 1 saturated heterocycles. The number of nitrogens with one attached hydrogen (secondary N) is 1. The number of carbonyl (C=O) groups is 1. The number of ether oxygens (including phenoxy) is 1. The fourth-order valence-electron chi connectivity index (χ4n) is 3.04. The van der Waals surface area contributed by atoms with Crippen LogP contribution in [0, 0.1) is 0 Å². The third-order valence-corrected chi connectivity index (χ3v) is 4.83. The summed E-state index contributed by atoms with van der Waals surface area (Å²) in [5.41, 5.74) is 3.57. The lowest BCUT2D eigenvalue weighted by atomic mass is 10.1. The summed E-state index contributed by atoms with van der Waals surface area (Å²) in [6.07, 6.45) is 3.27. The van der Waals surface area contributed by atoms with E-state index in [1.54, 1.807) is 36.7 Å². The van der Waals surface area contributed by atoms with Crippen LogP contribution >= 0.6 is 11.6 Å². The van der Waals surface area contributed by atoms with E-state index in [-0.39, 0.29) is 5.91 Å². The van der Waals surface area contributed by atoms with Gasteiger partial charge in [-0.25, -0.2) is 0 Å². The molecule has 3 heterocycles. The van der Waals surface area contributed by atoms with Crippen LogP contribution in [-0.2, 0) is 4.74 Å². The Balaban J connectivity index is 1.43. The zero-order valence-corrected chi connectivity index (χ0v) is 15.9. The van der Waals surface area contributed by atoms with Crippen molar-refractivity contribution in [2.24, 2.45) is 0 Å². The van der Waals surface area contributed by atoms with Crippen molar-refractivity contribution in [2.45, 2.75) is 0 Å². The number of aromatic nitrogens is 2. The third-order valence-electron chi connectivity index (χ3n) is 4.53. The maximum Gasteiger partial charge on any atom is 0.274 e. The molecule has 1 N–H and O–H groups in total. The predicted molar refractivity (Wildman–Crippen MR) is 110 cm³/mol. The Morgan fingerprint density at radius 3 is 2.50 bits per heavy atom. The minimum Gasteiger partial charge on any atom is -0.378 e. The van der Waals surface area contributed by atoms with Crippen LogP contribution < -0.4 is 10.2 Å². The molecule has 6 nitrogen and oxygen atoms in total. The van der Waals surface area contributed by atoms with E-state index >= 15 is 0 Å². The lowest BCUT2D eigenvalue weighted by Crippen LogP contribution is -2.36. The first-order valence-corrected chi connectivity index (χ1v) is 9.39. The molecule has 1 aliphatic heterocycles. The maximum absolute atomic E-state index is 12.5. The summed E-state index contributed by atoms with van der Waals surface area (Å²) >= 11 is 6.16. The molecule has 7 heteroatoms. The van der Waals surface area contributed by atoms with Crippen molar-refractivity contribution < 1.29 is 9.53 Å². The first-order chi connectivity index (χ1) is 13.7. The van der Waals surface area contributed by atoms with Crippen LogP contribution in [0.4, 0.5) is 11.4 Å². The molecule has 142 valence electrons. The van der Waals surface area contributed by atoms with E-state index in [0.717, 1.165) is 43.2 Å². The van der Waals surface area contributed by atoms with Gasteiger partial charge < -0.3 is 15.0 Å². The molecule has 0 radical (unpaired) electrons. The number of hydrogen-bond acceptors (Lipinski definition) is 5. The van der Waals surface area contributed by atoms with Crippen molar-refractivity contribution in [3.8, 4) is 11.3 Å². The van der Waals surface area contributed by atoms with Crippen LogP contribution in [0.25, 0.3) is 11.3 Å². The van der Waals surface area contributed by atoms with Crippen molar-refractivity contribution >= 4 is 28.9 Å². The summed E-state index contributed by atoms with van der Waals surface area (Å²) in [6, 6.07) is 14.8. The molecular formula is C21H19ClN4O2. The van der Waals surface area contributed by atoms with Gasteiger partial charge in [0.2, 0.25) is 0 Å². The van der Waals surface area contributed by atoms with E-state index < -0.39 is 0 Å². The minimum atomic E-state index is -0.266. The minimum absolute atomic E-state index is 0.266. The Kier molecular flexibility index (Phi) is 5.50. The van der Waals surface area contributed by atoms with E-state index in [9.17, 15) is 4.79 Å². The SMILES string of the molecule is O=C(Nc1ccc(N2CCOCC2)cc1)c1ccc(-c2ncccc2Cl)cn1. The van der Waals surface area contributed by atoms with Crippen LogP contribution in [0.15, 0.2) is 60.9 Å². The molecule has 1 aromatic carbocycles. The van der Waals surface area contributed by atoms with E-state index in [1.165, 1.54) is 0 Å². The van der Waals surface area contributed by atoms with Gasteiger partial charge in [0, 0.05) is 42.4 Å². The zero-order valence-electron chi connectivity index (χ0n) is 15.1. The van der Waals surface area contributed by atoms with E-state index in [4.69, 9.17) is 16.3 Å². The molecule has 1 amide bonds. The first kappa shape index (κ1) is 18.4. The van der Waals surface area contributed by atoms with Crippen LogP contribution in [0.5, 0.6) is 0 Å². The molecule has 2 aromatic heterocycles. The number of carbonyl (C=O) groups excluding carboxylic acids is 1. The van der Waals surface area contributed by atoms with Gasteiger partial charge in [0.25, 0.3) is 5.91 Å². The fourth-order valence-corrected chi connectivity index (χ4v) is 3.27. The van der Waals surface area contributed by atoms with Crippen molar-refractivity contribution in [1.29, 1.82) is 0 Å². The van der Waals surface area contributed by atoms with Gasteiger partial charge >= 0.3 is 0 Å². The molecule has 0 atom stereocenters. The number of nitrogens with zero attached hydrogens (tertiary/aromatic N) is 3. The van der Waals surface area contributed by atoms with E-state index in [0.29, 0.717) is 16.4 Å². The van der Waals surface area contributed by atoms with Crippen LogP contribution in [0.2, 0.25) is 5.02 Å². The predicted octanol–water partition coefficient (Wildman–Crippen LogP) is 3.89. The van der Waals surface area contributed by atoms with Crippen LogP contribution in [0.3, 0.4) is 0 Å². The lowest BCUT2D eigenvalue weighted by molar-refractivity contribution is 0.102. The monoisotopic (exact) mass is 394 g/mol. The first-order valence-electron chi connectivity index (χ1n) is 9.02. The summed E-state index contributed by atoms with van der Waals surface area (Å²) < 4.78 is 5.37. The molecule has 0 saturated carbocycles. The Bertz CT molecular complexity index is 955.